The third-order valence-electron chi connectivity index (χ3n) is 4.26. The third-order valence-corrected chi connectivity index (χ3v) is 4.26. The van der Waals surface area contributed by atoms with E-state index in [1.165, 1.54) is 13.3 Å². The van der Waals surface area contributed by atoms with E-state index in [2.05, 4.69) is 34.0 Å². The maximum atomic E-state index is 11.4. The van der Waals surface area contributed by atoms with Gasteiger partial charge in [-0.3, -0.25) is 9.59 Å². The zero-order valence-electron chi connectivity index (χ0n) is 16.1. The van der Waals surface area contributed by atoms with Crippen molar-refractivity contribution in [3.05, 3.63) is 71.8 Å². The topological polar surface area (TPSA) is 89.0 Å². The molecule has 0 aliphatic heterocycles. The van der Waals surface area contributed by atoms with Crippen LogP contribution in [0.3, 0.4) is 0 Å². The summed E-state index contributed by atoms with van der Waals surface area (Å²) in [7, 11) is 2.92. The molecule has 0 unspecified atom stereocenters. The molecule has 0 spiro atoms. The molecule has 0 aliphatic carbocycles. The fourth-order valence-corrected chi connectivity index (χ4v) is 2.79. The van der Waals surface area contributed by atoms with Gasteiger partial charge >= 0.3 is 11.8 Å². The lowest BCUT2D eigenvalue weighted by Crippen LogP contribution is -2.35. The van der Waals surface area contributed by atoms with Crippen molar-refractivity contribution in [1.82, 2.24) is 10.7 Å². The third kappa shape index (κ3) is 4.90. The van der Waals surface area contributed by atoms with Crippen molar-refractivity contribution in [1.29, 1.82) is 0 Å². The van der Waals surface area contributed by atoms with E-state index in [1.54, 1.807) is 25.3 Å². The Bertz CT molecular complexity index is 1060. The average Bonchev–Trinajstić information content (AvgIpc) is 2.77. The molecule has 148 valence electrons. The van der Waals surface area contributed by atoms with Crippen LogP contribution < -0.4 is 20.2 Å². The number of carbonyl (C=O) groups is 2. The molecule has 0 aromatic heterocycles. The van der Waals surface area contributed by atoms with Gasteiger partial charge in [0, 0.05) is 7.05 Å². The van der Waals surface area contributed by atoms with Gasteiger partial charge in [-0.2, -0.15) is 5.10 Å². The maximum absolute atomic E-state index is 11.4. The number of nitrogens with one attached hydrogen (secondary N) is 2. The number of rotatable bonds is 6. The van der Waals surface area contributed by atoms with Crippen molar-refractivity contribution in [3.8, 4) is 11.5 Å². The average molecular weight is 391 g/mol. The van der Waals surface area contributed by atoms with Gasteiger partial charge in [0.25, 0.3) is 0 Å². The number of carbonyl (C=O) groups excluding carboxylic acids is 2. The molecule has 0 saturated carbocycles. The Hall–Kier alpha value is -3.87. The maximum Gasteiger partial charge on any atom is 0.329 e. The van der Waals surface area contributed by atoms with Gasteiger partial charge in [0.15, 0.2) is 11.5 Å². The zero-order valence-corrected chi connectivity index (χ0v) is 16.1. The van der Waals surface area contributed by atoms with Gasteiger partial charge in [0.05, 0.1) is 13.3 Å². The summed E-state index contributed by atoms with van der Waals surface area (Å²) >= 11 is 0. The van der Waals surface area contributed by atoms with Crippen molar-refractivity contribution >= 4 is 28.8 Å². The molecule has 29 heavy (non-hydrogen) atoms. The molecule has 3 aromatic rings. The largest absolute Gasteiger partial charge is 0.493 e. The highest BCUT2D eigenvalue weighted by Crippen LogP contribution is 2.29. The summed E-state index contributed by atoms with van der Waals surface area (Å²) in [6.07, 6.45) is 1.41. The quantitative estimate of drug-likeness (QED) is 0.384. The van der Waals surface area contributed by atoms with E-state index in [4.69, 9.17) is 9.47 Å². The number of nitrogens with zero attached hydrogens (tertiary/aromatic N) is 1. The Morgan fingerprint density at radius 3 is 2.59 bits per heavy atom. The summed E-state index contributed by atoms with van der Waals surface area (Å²) in [5, 5.41) is 8.28. The summed E-state index contributed by atoms with van der Waals surface area (Å²) in [5.41, 5.74) is 3.90. The standard InChI is InChI=1S/C22H21N3O4/c1-23-21(26)22(27)25-24-13-15-10-11-19(20(12-15)28-2)29-14-17-8-5-7-16-6-3-4-9-18(16)17/h3-13H,14H2,1-2H3,(H,23,26)(H,25,27)/b24-13-. The fourth-order valence-electron chi connectivity index (χ4n) is 2.79. The number of fused-ring (bicyclic) bond motifs is 1. The van der Waals surface area contributed by atoms with E-state index in [0.29, 0.717) is 23.7 Å². The molecule has 0 radical (unpaired) electrons. The van der Waals surface area contributed by atoms with Crippen molar-refractivity contribution in [2.24, 2.45) is 5.10 Å². The number of ether oxygens (including phenoxy) is 2. The second-order valence-corrected chi connectivity index (χ2v) is 6.12. The van der Waals surface area contributed by atoms with E-state index < -0.39 is 11.8 Å². The predicted octanol–water partition coefficient (Wildman–Crippen LogP) is 2.62. The number of hydrogen-bond acceptors (Lipinski definition) is 5. The van der Waals surface area contributed by atoms with Crippen molar-refractivity contribution in [2.45, 2.75) is 6.61 Å². The van der Waals surface area contributed by atoms with E-state index in [9.17, 15) is 9.59 Å². The first-order valence-corrected chi connectivity index (χ1v) is 8.95. The SMILES string of the molecule is CNC(=O)C(=O)N/N=C\c1ccc(OCc2cccc3ccccc23)c(OC)c1. The highest BCUT2D eigenvalue weighted by molar-refractivity contribution is 6.35. The van der Waals surface area contributed by atoms with Crippen LogP contribution in [0.15, 0.2) is 65.8 Å². The summed E-state index contributed by atoms with van der Waals surface area (Å²) in [4.78, 5) is 22.5. The van der Waals surface area contributed by atoms with Gasteiger partial charge in [-0.05, 0) is 40.1 Å². The van der Waals surface area contributed by atoms with Crippen LogP contribution in [0.25, 0.3) is 10.8 Å². The highest BCUT2D eigenvalue weighted by atomic mass is 16.5. The Morgan fingerprint density at radius 2 is 1.79 bits per heavy atom. The predicted molar refractivity (Wildman–Crippen MR) is 111 cm³/mol. The van der Waals surface area contributed by atoms with Crippen LogP contribution in [0.4, 0.5) is 0 Å². The monoisotopic (exact) mass is 391 g/mol. The normalized spacial score (nSPS) is 10.7. The molecular formula is C22H21N3O4. The van der Waals surface area contributed by atoms with Gasteiger partial charge in [-0.1, -0.05) is 42.5 Å². The van der Waals surface area contributed by atoms with Crippen LogP contribution in [0.1, 0.15) is 11.1 Å². The van der Waals surface area contributed by atoms with Crippen LogP contribution in [-0.4, -0.2) is 32.2 Å². The minimum atomic E-state index is -0.842. The molecule has 0 saturated heterocycles. The van der Waals surface area contributed by atoms with E-state index >= 15 is 0 Å². The van der Waals surface area contributed by atoms with E-state index in [1.807, 2.05) is 24.3 Å². The Morgan fingerprint density at radius 1 is 1.00 bits per heavy atom. The lowest BCUT2D eigenvalue weighted by atomic mass is 10.1. The summed E-state index contributed by atoms with van der Waals surface area (Å²) in [5.74, 6) is -0.485. The molecule has 0 aliphatic rings. The summed E-state index contributed by atoms with van der Waals surface area (Å²) in [6.45, 7) is 0.396. The molecule has 0 bridgehead atoms. The minimum Gasteiger partial charge on any atom is -0.493 e. The minimum absolute atomic E-state index is 0.396. The number of hydrogen-bond donors (Lipinski definition) is 2. The first kappa shape index (κ1) is 19.9. The highest BCUT2D eigenvalue weighted by Gasteiger charge is 2.10. The number of methoxy groups -OCH3 is 1. The Balaban J connectivity index is 1.70. The molecule has 0 atom stereocenters. The summed E-state index contributed by atoms with van der Waals surface area (Å²) < 4.78 is 11.4. The lowest BCUT2D eigenvalue weighted by molar-refractivity contribution is -0.138. The zero-order chi connectivity index (χ0) is 20.6. The fraction of sp³-hybridized carbons (Fsp3) is 0.136. The van der Waals surface area contributed by atoms with Crippen molar-refractivity contribution in [3.63, 3.8) is 0 Å². The van der Waals surface area contributed by atoms with Crippen LogP contribution in [-0.2, 0) is 16.2 Å². The van der Waals surface area contributed by atoms with Crippen LogP contribution >= 0.6 is 0 Å². The Labute approximate surface area is 168 Å². The molecule has 7 heteroatoms. The molecule has 7 nitrogen and oxygen atoms in total. The van der Waals surface area contributed by atoms with Crippen molar-refractivity contribution in [2.75, 3.05) is 14.2 Å². The van der Waals surface area contributed by atoms with Gasteiger partial charge < -0.3 is 14.8 Å². The first-order valence-electron chi connectivity index (χ1n) is 8.95. The van der Waals surface area contributed by atoms with Crippen LogP contribution in [0, 0.1) is 0 Å². The van der Waals surface area contributed by atoms with Gasteiger partial charge in [-0.25, -0.2) is 5.43 Å². The van der Waals surface area contributed by atoms with Gasteiger partial charge in [0.2, 0.25) is 0 Å². The molecule has 0 fully saturated rings. The number of benzene rings is 3. The Kier molecular flexibility index (Phi) is 6.42. The molecule has 3 aromatic carbocycles. The van der Waals surface area contributed by atoms with Gasteiger partial charge in [0.1, 0.15) is 6.61 Å². The van der Waals surface area contributed by atoms with E-state index in [-0.39, 0.29) is 0 Å². The summed E-state index contributed by atoms with van der Waals surface area (Å²) in [6, 6.07) is 19.5. The van der Waals surface area contributed by atoms with Crippen molar-refractivity contribution < 1.29 is 19.1 Å². The van der Waals surface area contributed by atoms with Crippen LogP contribution in [0.5, 0.6) is 11.5 Å². The van der Waals surface area contributed by atoms with Crippen LogP contribution in [0.2, 0.25) is 0 Å². The molecule has 0 heterocycles. The second kappa shape index (κ2) is 9.36. The first-order chi connectivity index (χ1) is 14.1. The van der Waals surface area contributed by atoms with E-state index in [0.717, 1.165) is 16.3 Å². The molecular weight excluding hydrogens is 370 g/mol. The second-order valence-electron chi connectivity index (χ2n) is 6.12. The molecule has 3 rings (SSSR count). The lowest BCUT2D eigenvalue weighted by Gasteiger charge is -2.12. The number of amides is 2. The molecule has 2 amide bonds. The van der Waals surface area contributed by atoms with Gasteiger partial charge in [-0.15, -0.1) is 0 Å². The number of hydrazone groups is 1. The smallest absolute Gasteiger partial charge is 0.329 e. The number of likely N-dealkylation sites (N-methyl/N-ethyl adjacent to an activating group) is 1. The molecule has 2 N–H and O–H groups in total.